The van der Waals surface area contributed by atoms with Gasteiger partial charge in [0.25, 0.3) is 0 Å². The third-order valence-corrected chi connectivity index (χ3v) is 2.53. The van der Waals surface area contributed by atoms with Crippen LogP contribution in [-0.4, -0.2) is 30.0 Å². The molecule has 0 saturated carbocycles. The quantitative estimate of drug-likeness (QED) is 0.766. The molecule has 1 aromatic rings. The van der Waals surface area contributed by atoms with Crippen LogP contribution in [0.5, 0.6) is 0 Å². The van der Waals surface area contributed by atoms with E-state index in [1.54, 1.807) is 0 Å². The highest BCUT2D eigenvalue weighted by Gasteiger charge is 2.22. The van der Waals surface area contributed by atoms with Crippen molar-refractivity contribution in [2.24, 2.45) is 5.92 Å². The smallest absolute Gasteiger partial charge is 0.319 e. The molecule has 6 heteroatoms. The molecule has 2 heterocycles. The highest BCUT2D eigenvalue weighted by atomic mass is 19.1. The molecule has 1 fully saturated rings. The van der Waals surface area contributed by atoms with E-state index in [0.717, 1.165) is 25.9 Å². The van der Waals surface area contributed by atoms with E-state index < -0.39 is 0 Å². The fourth-order valence-corrected chi connectivity index (χ4v) is 1.63. The molecule has 0 amide bonds. The lowest BCUT2D eigenvalue weighted by Gasteiger charge is -2.28. The van der Waals surface area contributed by atoms with Crippen molar-refractivity contribution in [1.29, 1.82) is 0 Å². The van der Waals surface area contributed by atoms with E-state index in [9.17, 15) is 4.39 Å². The van der Waals surface area contributed by atoms with Gasteiger partial charge in [0.05, 0.1) is 6.67 Å². The van der Waals surface area contributed by atoms with Gasteiger partial charge in [-0.05, 0) is 18.8 Å². The number of anilines is 2. The second kappa shape index (κ2) is 3.81. The summed E-state index contributed by atoms with van der Waals surface area (Å²) in [6.45, 7) is 1.28. The first-order chi connectivity index (χ1) is 6.79. The number of rotatable bonds is 2. The van der Waals surface area contributed by atoms with Crippen LogP contribution in [0.2, 0.25) is 0 Å². The third kappa shape index (κ3) is 1.78. The number of nitrogens with zero attached hydrogens (tertiary/aromatic N) is 3. The molecular formula is C8H13FN4O. The molecule has 0 unspecified atom stereocenters. The Balaban J connectivity index is 1.95. The zero-order valence-electron chi connectivity index (χ0n) is 7.82. The summed E-state index contributed by atoms with van der Waals surface area (Å²) in [4.78, 5) is 1.94. The number of hydrogen-bond donors (Lipinski definition) is 1. The molecule has 0 spiro atoms. The largest absolute Gasteiger partial charge is 0.390 e. The van der Waals surface area contributed by atoms with E-state index in [0.29, 0.717) is 6.01 Å². The lowest BCUT2D eigenvalue weighted by Crippen LogP contribution is -2.34. The first-order valence-electron chi connectivity index (χ1n) is 4.69. The van der Waals surface area contributed by atoms with Crippen molar-refractivity contribution in [3.63, 3.8) is 0 Å². The Morgan fingerprint density at radius 1 is 1.43 bits per heavy atom. The highest BCUT2D eigenvalue weighted by Crippen LogP contribution is 2.22. The van der Waals surface area contributed by atoms with Gasteiger partial charge < -0.3 is 15.1 Å². The zero-order chi connectivity index (χ0) is 9.97. The normalized spacial score (nSPS) is 18.8. The molecule has 0 atom stereocenters. The maximum atomic E-state index is 12.3. The van der Waals surface area contributed by atoms with Gasteiger partial charge in [-0.1, -0.05) is 10.2 Å². The van der Waals surface area contributed by atoms with Crippen LogP contribution in [-0.2, 0) is 0 Å². The topological polar surface area (TPSA) is 68.2 Å². The van der Waals surface area contributed by atoms with E-state index in [-0.39, 0.29) is 18.6 Å². The molecule has 0 aromatic carbocycles. The molecule has 0 aliphatic carbocycles. The Bertz CT molecular complexity index is 295. The van der Waals surface area contributed by atoms with E-state index in [2.05, 4.69) is 10.2 Å². The molecular weight excluding hydrogens is 187 g/mol. The molecule has 2 rings (SSSR count). The van der Waals surface area contributed by atoms with Crippen LogP contribution < -0.4 is 10.6 Å². The lowest BCUT2D eigenvalue weighted by molar-refractivity contribution is 0.302. The molecule has 5 nitrogen and oxygen atoms in total. The SMILES string of the molecule is Nc1nnc(N2CCC(CF)CC2)o1. The van der Waals surface area contributed by atoms with Gasteiger partial charge in [0, 0.05) is 13.1 Å². The summed E-state index contributed by atoms with van der Waals surface area (Å²) >= 11 is 0. The van der Waals surface area contributed by atoms with E-state index >= 15 is 0 Å². The van der Waals surface area contributed by atoms with Crippen molar-refractivity contribution >= 4 is 12.0 Å². The van der Waals surface area contributed by atoms with Gasteiger partial charge in [0.15, 0.2) is 0 Å². The second-order valence-corrected chi connectivity index (χ2v) is 3.51. The van der Waals surface area contributed by atoms with E-state index in [1.807, 2.05) is 4.90 Å². The van der Waals surface area contributed by atoms with Gasteiger partial charge in [-0.15, -0.1) is 0 Å². The number of hydrogen-bond acceptors (Lipinski definition) is 5. The Kier molecular flexibility index (Phi) is 2.51. The average molecular weight is 200 g/mol. The number of aromatic nitrogens is 2. The molecule has 0 bridgehead atoms. The second-order valence-electron chi connectivity index (χ2n) is 3.51. The molecule has 1 saturated heterocycles. The minimum Gasteiger partial charge on any atom is -0.390 e. The fraction of sp³-hybridized carbons (Fsp3) is 0.750. The molecule has 78 valence electrons. The highest BCUT2D eigenvalue weighted by molar-refractivity contribution is 5.28. The fourth-order valence-electron chi connectivity index (χ4n) is 1.63. The van der Waals surface area contributed by atoms with Gasteiger partial charge in [0.2, 0.25) is 0 Å². The Labute approximate surface area is 81.1 Å². The summed E-state index contributed by atoms with van der Waals surface area (Å²) in [5, 5.41) is 7.36. The number of halogens is 1. The van der Waals surface area contributed by atoms with Crippen LogP contribution in [0.15, 0.2) is 4.42 Å². The molecule has 1 aliphatic heterocycles. The third-order valence-electron chi connectivity index (χ3n) is 2.53. The van der Waals surface area contributed by atoms with E-state index in [4.69, 9.17) is 10.2 Å². The first-order valence-corrected chi connectivity index (χ1v) is 4.69. The Morgan fingerprint density at radius 3 is 2.64 bits per heavy atom. The molecule has 14 heavy (non-hydrogen) atoms. The van der Waals surface area contributed by atoms with E-state index in [1.165, 1.54) is 0 Å². The van der Waals surface area contributed by atoms with Gasteiger partial charge in [-0.3, -0.25) is 4.39 Å². The number of piperidine rings is 1. The molecule has 2 N–H and O–H groups in total. The first kappa shape index (κ1) is 9.23. The maximum absolute atomic E-state index is 12.3. The summed E-state index contributed by atoms with van der Waals surface area (Å²) in [5.41, 5.74) is 5.31. The van der Waals surface area contributed by atoms with Crippen LogP contribution in [0.25, 0.3) is 0 Å². The van der Waals surface area contributed by atoms with Crippen LogP contribution in [0.1, 0.15) is 12.8 Å². The zero-order valence-corrected chi connectivity index (χ0v) is 7.82. The minimum atomic E-state index is -0.236. The maximum Gasteiger partial charge on any atom is 0.319 e. The van der Waals surface area contributed by atoms with Crippen LogP contribution in [0.3, 0.4) is 0 Å². The van der Waals surface area contributed by atoms with Crippen molar-refractivity contribution in [2.75, 3.05) is 30.4 Å². The summed E-state index contributed by atoms with van der Waals surface area (Å²) in [6.07, 6.45) is 1.66. The summed E-state index contributed by atoms with van der Waals surface area (Å²) in [6, 6.07) is 0.521. The average Bonchev–Trinajstić information content (AvgIpc) is 2.65. The van der Waals surface area contributed by atoms with Crippen molar-refractivity contribution in [2.45, 2.75) is 12.8 Å². The van der Waals surface area contributed by atoms with Crippen molar-refractivity contribution in [3.05, 3.63) is 0 Å². The molecule has 1 aromatic heterocycles. The number of alkyl halides is 1. The van der Waals surface area contributed by atoms with Crippen LogP contribution in [0.4, 0.5) is 16.4 Å². The van der Waals surface area contributed by atoms with Crippen molar-refractivity contribution in [1.82, 2.24) is 10.2 Å². The van der Waals surface area contributed by atoms with Crippen molar-refractivity contribution < 1.29 is 8.81 Å². The molecule has 0 radical (unpaired) electrons. The Morgan fingerprint density at radius 2 is 2.14 bits per heavy atom. The van der Waals surface area contributed by atoms with Crippen molar-refractivity contribution in [3.8, 4) is 0 Å². The van der Waals surface area contributed by atoms with Crippen LogP contribution >= 0.6 is 0 Å². The summed E-state index contributed by atoms with van der Waals surface area (Å²) < 4.78 is 17.4. The monoisotopic (exact) mass is 200 g/mol. The predicted molar refractivity (Wildman–Crippen MR) is 49.6 cm³/mol. The van der Waals surface area contributed by atoms with Gasteiger partial charge in [-0.25, -0.2) is 0 Å². The predicted octanol–water partition coefficient (Wildman–Crippen LogP) is 0.838. The summed E-state index contributed by atoms with van der Waals surface area (Å²) in [5.74, 6) is 0.187. The number of nitrogen functional groups attached to an aromatic ring is 1. The summed E-state index contributed by atoms with van der Waals surface area (Å²) in [7, 11) is 0. The Hall–Kier alpha value is -1.33. The molecule has 1 aliphatic rings. The van der Waals surface area contributed by atoms with Gasteiger partial charge in [0.1, 0.15) is 0 Å². The van der Waals surface area contributed by atoms with Crippen LogP contribution in [0, 0.1) is 5.92 Å². The van der Waals surface area contributed by atoms with Gasteiger partial charge in [-0.2, -0.15) is 0 Å². The van der Waals surface area contributed by atoms with Gasteiger partial charge >= 0.3 is 12.0 Å². The standard InChI is InChI=1S/C8H13FN4O/c9-5-6-1-3-13(4-2-6)8-12-11-7(10)14-8/h6H,1-5H2,(H2,10,11). The number of nitrogens with two attached hydrogens (primary N) is 1. The minimum absolute atomic E-state index is 0.0765. The lowest BCUT2D eigenvalue weighted by atomic mass is 9.99.